The molecular formula is C16H27NO2. The number of benzene rings is 1. The highest BCUT2D eigenvalue weighted by Gasteiger charge is 2.30. The topological polar surface area (TPSA) is 30.5 Å². The van der Waals surface area contributed by atoms with Crippen LogP contribution in [-0.4, -0.2) is 27.4 Å². The molecule has 108 valence electrons. The molecule has 0 spiro atoms. The lowest BCUT2D eigenvalue weighted by atomic mass is 9.87. The number of hydrogen-bond donors (Lipinski definition) is 1. The summed E-state index contributed by atoms with van der Waals surface area (Å²) in [5.41, 5.74) is 2.09. The summed E-state index contributed by atoms with van der Waals surface area (Å²) in [5, 5.41) is 3.53. The van der Waals surface area contributed by atoms with Crippen LogP contribution in [0.1, 0.15) is 44.4 Å². The highest BCUT2D eigenvalue weighted by atomic mass is 16.5. The first kappa shape index (κ1) is 16.2. The molecule has 0 aromatic heterocycles. The maximum atomic E-state index is 5.72. The van der Waals surface area contributed by atoms with Crippen LogP contribution in [0.15, 0.2) is 24.3 Å². The minimum atomic E-state index is -0.409. The van der Waals surface area contributed by atoms with Crippen LogP contribution < -0.4 is 5.32 Å². The van der Waals surface area contributed by atoms with Crippen LogP contribution >= 0.6 is 0 Å². The summed E-state index contributed by atoms with van der Waals surface area (Å²) < 4.78 is 11.1. The highest BCUT2D eigenvalue weighted by Crippen LogP contribution is 2.32. The lowest BCUT2D eigenvalue weighted by molar-refractivity contribution is -0.0563. The maximum absolute atomic E-state index is 5.72. The highest BCUT2D eigenvalue weighted by molar-refractivity contribution is 5.35. The first-order valence-corrected chi connectivity index (χ1v) is 6.99. The van der Waals surface area contributed by atoms with E-state index in [4.69, 9.17) is 9.47 Å². The van der Waals surface area contributed by atoms with Crippen LogP contribution in [0.25, 0.3) is 0 Å². The van der Waals surface area contributed by atoms with E-state index < -0.39 is 5.60 Å². The molecule has 1 aromatic carbocycles. The Balaban J connectivity index is 3.19. The van der Waals surface area contributed by atoms with Gasteiger partial charge in [0.05, 0.1) is 6.61 Å². The number of nitrogens with one attached hydrogen (secondary N) is 1. The van der Waals surface area contributed by atoms with Crippen molar-refractivity contribution < 1.29 is 9.47 Å². The summed E-state index contributed by atoms with van der Waals surface area (Å²) in [6, 6.07) is 8.82. The van der Waals surface area contributed by atoms with Gasteiger partial charge in [0.1, 0.15) is 5.60 Å². The monoisotopic (exact) mass is 265 g/mol. The summed E-state index contributed by atoms with van der Waals surface area (Å²) in [4.78, 5) is 0. The smallest absolute Gasteiger partial charge is 0.113 e. The molecule has 0 bridgehead atoms. The van der Waals surface area contributed by atoms with E-state index in [9.17, 15) is 0 Å². The second kappa shape index (κ2) is 7.63. The molecule has 1 aromatic rings. The summed E-state index contributed by atoms with van der Waals surface area (Å²) in [6.07, 6.45) is 1.05. The van der Waals surface area contributed by atoms with Crippen LogP contribution in [0.4, 0.5) is 0 Å². The van der Waals surface area contributed by atoms with E-state index in [2.05, 4.69) is 50.4 Å². The van der Waals surface area contributed by atoms with Crippen molar-refractivity contribution in [2.75, 3.05) is 27.4 Å². The lowest BCUT2D eigenvalue weighted by Crippen LogP contribution is -2.33. The largest absolute Gasteiger partial charge is 0.381 e. The minimum absolute atomic E-state index is 0.354. The Morgan fingerprint density at radius 2 is 1.89 bits per heavy atom. The molecular weight excluding hydrogens is 238 g/mol. The quantitative estimate of drug-likeness (QED) is 0.782. The van der Waals surface area contributed by atoms with E-state index in [1.54, 1.807) is 14.2 Å². The van der Waals surface area contributed by atoms with Gasteiger partial charge in [-0.3, -0.25) is 0 Å². The van der Waals surface area contributed by atoms with Gasteiger partial charge in [0.15, 0.2) is 0 Å². The molecule has 3 nitrogen and oxygen atoms in total. The Morgan fingerprint density at radius 1 is 1.21 bits per heavy atom. The van der Waals surface area contributed by atoms with Crippen molar-refractivity contribution >= 4 is 0 Å². The van der Waals surface area contributed by atoms with Gasteiger partial charge in [0.25, 0.3) is 0 Å². The minimum Gasteiger partial charge on any atom is -0.381 e. The Hall–Kier alpha value is -0.900. The van der Waals surface area contributed by atoms with Crippen molar-refractivity contribution in [1.29, 1.82) is 0 Å². The Bertz CT molecular complexity index is 381. The van der Waals surface area contributed by atoms with Crippen LogP contribution in [0.3, 0.4) is 0 Å². The van der Waals surface area contributed by atoms with Gasteiger partial charge in [-0.2, -0.15) is 0 Å². The average Bonchev–Trinajstić information content (AvgIpc) is 2.45. The van der Waals surface area contributed by atoms with Gasteiger partial charge >= 0.3 is 0 Å². The molecule has 1 N–H and O–H groups in total. The first-order valence-electron chi connectivity index (χ1n) is 6.99. The molecule has 0 aliphatic carbocycles. The molecule has 1 rings (SSSR count). The van der Waals surface area contributed by atoms with Crippen molar-refractivity contribution in [3.8, 4) is 0 Å². The summed E-state index contributed by atoms with van der Waals surface area (Å²) >= 11 is 0. The fourth-order valence-corrected chi connectivity index (χ4v) is 2.53. The van der Waals surface area contributed by atoms with E-state index >= 15 is 0 Å². The van der Waals surface area contributed by atoms with Crippen molar-refractivity contribution in [2.24, 2.45) is 0 Å². The molecule has 0 saturated heterocycles. The van der Waals surface area contributed by atoms with Crippen molar-refractivity contribution in [3.05, 3.63) is 35.4 Å². The fourth-order valence-electron chi connectivity index (χ4n) is 2.53. The molecule has 2 atom stereocenters. The van der Waals surface area contributed by atoms with Gasteiger partial charge in [0, 0.05) is 20.3 Å². The molecule has 0 saturated carbocycles. The summed E-state index contributed by atoms with van der Waals surface area (Å²) in [5.74, 6) is 0. The summed E-state index contributed by atoms with van der Waals surface area (Å²) in [7, 11) is 3.45. The summed E-state index contributed by atoms with van der Waals surface area (Å²) in [6.45, 7) is 7.92. The standard InChI is InChI=1S/C16H27NO2/c1-6-15(17-7-2)13-10-8-9-11-14(13)16(3,19-5)12-18-4/h8-11,15,17H,6-7,12H2,1-5H3. The van der Waals surface area contributed by atoms with E-state index in [0.29, 0.717) is 12.6 Å². The second-order valence-corrected chi connectivity index (χ2v) is 4.97. The van der Waals surface area contributed by atoms with Crippen molar-refractivity contribution in [3.63, 3.8) is 0 Å². The number of ether oxygens (including phenoxy) is 2. The molecule has 0 amide bonds. The Labute approximate surface area is 117 Å². The molecule has 0 radical (unpaired) electrons. The van der Waals surface area contributed by atoms with Crippen molar-refractivity contribution in [2.45, 2.75) is 38.8 Å². The SMILES string of the molecule is CCNC(CC)c1ccccc1C(C)(COC)OC. The zero-order valence-corrected chi connectivity index (χ0v) is 12.8. The van der Waals surface area contributed by atoms with Gasteiger partial charge in [-0.1, -0.05) is 38.1 Å². The lowest BCUT2D eigenvalue weighted by Gasteiger charge is -2.32. The Kier molecular flexibility index (Phi) is 6.49. The van der Waals surface area contributed by atoms with Crippen molar-refractivity contribution in [1.82, 2.24) is 5.32 Å². The van der Waals surface area contributed by atoms with E-state index in [1.807, 2.05) is 0 Å². The van der Waals surface area contributed by atoms with Gasteiger partial charge in [-0.25, -0.2) is 0 Å². The van der Waals surface area contributed by atoms with E-state index in [0.717, 1.165) is 13.0 Å². The zero-order chi connectivity index (χ0) is 14.3. The van der Waals surface area contributed by atoms with Crippen LogP contribution in [0.5, 0.6) is 0 Å². The fraction of sp³-hybridized carbons (Fsp3) is 0.625. The van der Waals surface area contributed by atoms with Gasteiger partial charge in [0.2, 0.25) is 0 Å². The van der Waals surface area contributed by atoms with E-state index in [-0.39, 0.29) is 0 Å². The molecule has 0 aliphatic heterocycles. The molecule has 19 heavy (non-hydrogen) atoms. The molecule has 0 aliphatic rings. The molecule has 3 heteroatoms. The van der Waals surface area contributed by atoms with Gasteiger partial charge in [-0.15, -0.1) is 0 Å². The van der Waals surface area contributed by atoms with Gasteiger partial charge < -0.3 is 14.8 Å². The average molecular weight is 265 g/mol. The van der Waals surface area contributed by atoms with Crippen LogP contribution in [0, 0.1) is 0 Å². The van der Waals surface area contributed by atoms with Crippen LogP contribution in [-0.2, 0) is 15.1 Å². The third kappa shape index (κ3) is 3.78. The molecule has 2 unspecified atom stereocenters. The first-order chi connectivity index (χ1) is 9.12. The normalized spacial score (nSPS) is 16.1. The predicted molar refractivity (Wildman–Crippen MR) is 79.4 cm³/mol. The van der Waals surface area contributed by atoms with E-state index in [1.165, 1.54) is 11.1 Å². The number of rotatable bonds is 8. The predicted octanol–water partition coefficient (Wildman–Crippen LogP) is 3.26. The number of methoxy groups -OCH3 is 2. The Morgan fingerprint density at radius 3 is 2.42 bits per heavy atom. The molecule has 0 heterocycles. The third-order valence-corrected chi connectivity index (χ3v) is 3.64. The molecule has 0 fully saturated rings. The zero-order valence-electron chi connectivity index (χ0n) is 12.8. The van der Waals surface area contributed by atoms with Crippen LogP contribution in [0.2, 0.25) is 0 Å². The number of hydrogen-bond acceptors (Lipinski definition) is 3. The van der Waals surface area contributed by atoms with Gasteiger partial charge in [-0.05, 0) is 31.0 Å². The maximum Gasteiger partial charge on any atom is 0.113 e. The third-order valence-electron chi connectivity index (χ3n) is 3.64. The second-order valence-electron chi connectivity index (χ2n) is 4.97.